The lowest BCUT2D eigenvalue weighted by molar-refractivity contribution is 0.0650. The van der Waals surface area contributed by atoms with Gasteiger partial charge in [-0.25, -0.2) is 0 Å². The molecule has 1 amide bonds. The van der Waals surface area contributed by atoms with Crippen molar-refractivity contribution in [2.75, 3.05) is 20.3 Å². The largest absolute Gasteiger partial charge is 0.496 e. The van der Waals surface area contributed by atoms with Gasteiger partial charge < -0.3 is 20.3 Å². The zero-order valence-corrected chi connectivity index (χ0v) is 11.7. The average Bonchev–Trinajstić information content (AvgIpc) is 2.44. The van der Waals surface area contributed by atoms with Crippen molar-refractivity contribution in [1.82, 2.24) is 5.32 Å². The molecule has 0 spiro atoms. The summed E-state index contributed by atoms with van der Waals surface area (Å²) in [7, 11) is 1.44. The zero-order chi connectivity index (χ0) is 14.5. The number of benzene rings is 1. The maximum absolute atomic E-state index is 12.2. The standard InChI is InChI=1S/C13H18ClNO4/c1-3-13(7-16,8-17)15-12(18)10-5-4-9(14)6-11(10)19-2/h4-6,16-17H,3,7-8H2,1-2H3,(H,15,18). The van der Waals surface area contributed by atoms with Crippen LogP contribution in [0.2, 0.25) is 5.02 Å². The van der Waals surface area contributed by atoms with Crippen LogP contribution in [0.15, 0.2) is 18.2 Å². The quantitative estimate of drug-likeness (QED) is 0.735. The fourth-order valence-corrected chi connectivity index (χ4v) is 1.76. The Balaban J connectivity index is 3.01. The zero-order valence-electron chi connectivity index (χ0n) is 10.9. The van der Waals surface area contributed by atoms with Crippen molar-refractivity contribution in [2.24, 2.45) is 0 Å². The maximum atomic E-state index is 12.2. The van der Waals surface area contributed by atoms with Crippen LogP contribution in [0.1, 0.15) is 23.7 Å². The van der Waals surface area contributed by atoms with E-state index in [1.807, 2.05) is 0 Å². The van der Waals surface area contributed by atoms with Crippen molar-refractivity contribution in [3.05, 3.63) is 28.8 Å². The van der Waals surface area contributed by atoms with Crippen LogP contribution < -0.4 is 10.1 Å². The smallest absolute Gasteiger partial charge is 0.255 e. The summed E-state index contributed by atoms with van der Waals surface area (Å²) >= 11 is 5.82. The Kier molecular flexibility index (Phi) is 5.60. The number of amides is 1. The molecule has 1 aromatic carbocycles. The molecule has 6 heteroatoms. The normalized spacial score (nSPS) is 11.2. The van der Waals surface area contributed by atoms with Crippen molar-refractivity contribution >= 4 is 17.5 Å². The van der Waals surface area contributed by atoms with Crippen LogP contribution in [-0.4, -0.2) is 42.0 Å². The van der Waals surface area contributed by atoms with Crippen LogP contribution in [0.5, 0.6) is 5.75 Å². The minimum atomic E-state index is -1.04. The molecule has 0 unspecified atom stereocenters. The molecule has 0 fully saturated rings. The van der Waals surface area contributed by atoms with Gasteiger partial charge in [0, 0.05) is 5.02 Å². The lowest BCUT2D eigenvalue weighted by Gasteiger charge is -2.29. The van der Waals surface area contributed by atoms with Gasteiger partial charge in [-0.2, -0.15) is 0 Å². The van der Waals surface area contributed by atoms with Crippen molar-refractivity contribution < 1.29 is 19.7 Å². The molecular weight excluding hydrogens is 270 g/mol. The summed E-state index contributed by atoms with van der Waals surface area (Å²) in [6.07, 6.45) is 0.404. The van der Waals surface area contributed by atoms with E-state index < -0.39 is 11.4 Å². The van der Waals surface area contributed by atoms with E-state index in [9.17, 15) is 15.0 Å². The molecule has 0 bridgehead atoms. The molecule has 0 aromatic heterocycles. The second kappa shape index (κ2) is 6.75. The number of hydrogen-bond donors (Lipinski definition) is 3. The van der Waals surface area contributed by atoms with Crippen molar-refractivity contribution in [1.29, 1.82) is 0 Å². The number of hydrogen-bond acceptors (Lipinski definition) is 4. The van der Waals surface area contributed by atoms with E-state index in [0.29, 0.717) is 22.8 Å². The molecular formula is C13H18ClNO4. The van der Waals surface area contributed by atoms with Crippen LogP contribution in [0, 0.1) is 0 Å². The first-order valence-electron chi connectivity index (χ1n) is 5.89. The number of nitrogens with one attached hydrogen (secondary N) is 1. The summed E-state index contributed by atoms with van der Waals surface area (Å²) in [5.74, 6) is -0.0932. The molecule has 5 nitrogen and oxygen atoms in total. The fraction of sp³-hybridized carbons (Fsp3) is 0.462. The number of carbonyl (C=O) groups is 1. The van der Waals surface area contributed by atoms with Crippen molar-refractivity contribution in [3.8, 4) is 5.75 Å². The van der Waals surface area contributed by atoms with Gasteiger partial charge in [0.25, 0.3) is 5.91 Å². The number of methoxy groups -OCH3 is 1. The molecule has 1 rings (SSSR count). The molecule has 3 N–H and O–H groups in total. The molecule has 0 saturated heterocycles. The maximum Gasteiger partial charge on any atom is 0.255 e. The Morgan fingerprint density at radius 1 is 1.42 bits per heavy atom. The highest BCUT2D eigenvalue weighted by molar-refractivity contribution is 6.30. The second-order valence-corrected chi connectivity index (χ2v) is 4.69. The van der Waals surface area contributed by atoms with Crippen LogP contribution in [0.3, 0.4) is 0 Å². The Labute approximate surface area is 117 Å². The molecule has 0 atom stereocenters. The first kappa shape index (κ1) is 15.8. The second-order valence-electron chi connectivity index (χ2n) is 4.25. The molecule has 0 radical (unpaired) electrons. The van der Waals surface area contributed by atoms with Gasteiger partial charge in [-0.15, -0.1) is 0 Å². The lowest BCUT2D eigenvalue weighted by Crippen LogP contribution is -2.53. The van der Waals surface area contributed by atoms with Crippen LogP contribution in [0.4, 0.5) is 0 Å². The van der Waals surface area contributed by atoms with Crippen molar-refractivity contribution in [2.45, 2.75) is 18.9 Å². The number of aliphatic hydroxyl groups excluding tert-OH is 2. The first-order chi connectivity index (χ1) is 9.01. The van der Waals surface area contributed by atoms with Crippen LogP contribution in [0.25, 0.3) is 0 Å². The summed E-state index contributed by atoms with van der Waals surface area (Å²) in [5.41, 5.74) is -0.742. The van der Waals surface area contributed by atoms with E-state index in [1.54, 1.807) is 13.0 Å². The molecule has 106 valence electrons. The number of halogens is 1. The van der Waals surface area contributed by atoms with Gasteiger partial charge in [0.2, 0.25) is 0 Å². The number of aliphatic hydroxyl groups is 2. The summed E-state index contributed by atoms with van der Waals surface area (Å²) in [6, 6.07) is 4.64. The fourth-order valence-electron chi connectivity index (χ4n) is 1.60. The van der Waals surface area contributed by atoms with E-state index >= 15 is 0 Å². The topological polar surface area (TPSA) is 78.8 Å². The van der Waals surface area contributed by atoms with Gasteiger partial charge in [-0.05, 0) is 24.6 Å². The van der Waals surface area contributed by atoms with Gasteiger partial charge in [0.15, 0.2) is 0 Å². The van der Waals surface area contributed by atoms with E-state index in [4.69, 9.17) is 16.3 Å². The molecule has 0 saturated carbocycles. The molecule has 0 aliphatic rings. The van der Waals surface area contributed by atoms with E-state index in [1.165, 1.54) is 19.2 Å². The molecule has 1 aromatic rings. The van der Waals surface area contributed by atoms with Gasteiger partial charge in [-0.3, -0.25) is 4.79 Å². The predicted molar refractivity (Wildman–Crippen MR) is 72.7 cm³/mol. The number of carbonyl (C=O) groups excluding carboxylic acids is 1. The summed E-state index contributed by atoms with van der Waals surface area (Å²) in [4.78, 5) is 12.2. The van der Waals surface area contributed by atoms with Gasteiger partial charge in [0.1, 0.15) is 5.75 Å². The highest BCUT2D eigenvalue weighted by atomic mass is 35.5. The highest BCUT2D eigenvalue weighted by Gasteiger charge is 2.29. The number of rotatable bonds is 6. The Bertz CT molecular complexity index is 438. The van der Waals surface area contributed by atoms with Crippen LogP contribution >= 0.6 is 11.6 Å². The molecule has 0 aliphatic heterocycles. The van der Waals surface area contributed by atoms with E-state index in [-0.39, 0.29) is 13.2 Å². The number of ether oxygens (including phenoxy) is 1. The SMILES string of the molecule is CCC(CO)(CO)NC(=O)c1ccc(Cl)cc1OC. The van der Waals surface area contributed by atoms with Gasteiger partial charge in [0.05, 0.1) is 31.4 Å². The molecule has 19 heavy (non-hydrogen) atoms. The summed E-state index contributed by atoms with van der Waals surface area (Å²) in [6.45, 7) is 1.08. The van der Waals surface area contributed by atoms with Crippen molar-refractivity contribution in [3.63, 3.8) is 0 Å². The minimum Gasteiger partial charge on any atom is -0.496 e. The third-order valence-electron chi connectivity index (χ3n) is 3.07. The monoisotopic (exact) mass is 287 g/mol. The Morgan fingerprint density at radius 2 is 2.05 bits per heavy atom. The van der Waals surface area contributed by atoms with E-state index in [2.05, 4.69) is 5.32 Å². The third kappa shape index (κ3) is 3.59. The molecule has 0 heterocycles. The Morgan fingerprint density at radius 3 is 2.53 bits per heavy atom. The summed E-state index contributed by atoms with van der Waals surface area (Å²) < 4.78 is 5.09. The first-order valence-corrected chi connectivity index (χ1v) is 6.27. The Hall–Kier alpha value is -1.30. The highest BCUT2D eigenvalue weighted by Crippen LogP contribution is 2.23. The minimum absolute atomic E-state index is 0.298. The van der Waals surface area contributed by atoms with Gasteiger partial charge >= 0.3 is 0 Å². The summed E-state index contributed by atoms with van der Waals surface area (Å²) in [5, 5.41) is 21.7. The third-order valence-corrected chi connectivity index (χ3v) is 3.30. The lowest BCUT2D eigenvalue weighted by atomic mass is 9.97. The van der Waals surface area contributed by atoms with Gasteiger partial charge in [-0.1, -0.05) is 18.5 Å². The average molecular weight is 288 g/mol. The van der Waals surface area contributed by atoms with E-state index in [0.717, 1.165) is 0 Å². The predicted octanol–water partition coefficient (Wildman–Crippen LogP) is 1.21. The van der Waals surface area contributed by atoms with Crippen LogP contribution in [-0.2, 0) is 0 Å². The molecule has 0 aliphatic carbocycles.